The second-order valence-electron chi connectivity index (χ2n) is 5.84. The molecule has 7 nitrogen and oxygen atoms in total. The average Bonchev–Trinajstić information content (AvgIpc) is 3.34. The SMILES string of the molecule is CCOc1ccc(C=CC(=O)Nc2nnc(C3CCCO3)s2)cc1OCC. The number of hydrogen-bond acceptors (Lipinski definition) is 7. The molecule has 0 spiro atoms. The van der Waals surface area contributed by atoms with Crippen LogP contribution in [0.3, 0.4) is 0 Å². The second-order valence-corrected chi connectivity index (χ2v) is 6.85. The summed E-state index contributed by atoms with van der Waals surface area (Å²) in [5.74, 6) is 1.08. The van der Waals surface area contributed by atoms with Gasteiger partial charge in [-0.15, -0.1) is 10.2 Å². The number of anilines is 1. The Labute approximate surface area is 162 Å². The van der Waals surface area contributed by atoms with Crippen molar-refractivity contribution in [3.8, 4) is 11.5 Å². The largest absolute Gasteiger partial charge is 0.490 e. The topological polar surface area (TPSA) is 82.6 Å². The van der Waals surface area contributed by atoms with Crippen LogP contribution in [-0.4, -0.2) is 35.9 Å². The molecule has 0 saturated carbocycles. The predicted molar refractivity (Wildman–Crippen MR) is 104 cm³/mol. The van der Waals surface area contributed by atoms with Crippen LogP contribution in [0.25, 0.3) is 6.08 Å². The number of carbonyl (C=O) groups is 1. The van der Waals surface area contributed by atoms with Crippen LogP contribution in [-0.2, 0) is 9.53 Å². The Morgan fingerprint density at radius 2 is 2.11 bits per heavy atom. The Balaban J connectivity index is 1.61. The molecule has 1 fully saturated rings. The number of carbonyl (C=O) groups excluding carboxylic acids is 1. The summed E-state index contributed by atoms with van der Waals surface area (Å²) in [4.78, 5) is 12.2. The molecule has 2 heterocycles. The van der Waals surface area contributed by atoms with Gasteiger partial charge in [0.1, 0.15) is 11.1 Å². The van der Waals surface area contributed by atoms with E-state index in [4.69, 9.17) is 14.2 Å². The lowest BCUT2D eigenvalue weighted by atomic mass is 10.2. The summed E-state index contributed by atoms with van der Waals surface area (Å²) in [5, 5.41) is 12.1. The highest BCUT2D eigenvalue weighted by molar-refractivity contribution is 7.15. The molecule has 1 saturated heterocycles. The Morgan fingerprint density at radius 3 is 2.85 bits per heavy atom. The Morgan fingerprint density at radius 1 is 1.30 bits per heavy atom. The zero-order valence-electron chi connectivity index (χ0n) is 15.4. The van der Waals surface area contributed by atoms with E-state index < -0.39 is 0 Å². The van der Waals surface area contributed by atoms with E-state index in [1.54, 1.807) is 6.08 Å². The van der Waals surface area contributed by atoms with Crippen LogP contribution in [0, 0.1) is 0 Å². The molecular weight excluding hydrogens is 366 g/mol. The minimum absolute atomic E-state index is 0.00420. The van der Waals surface area contributed by atoms with E-state index in [9.17, 15) is 4.79 Å². The molecule has 1 aromatic heterocycles. The lowest BCUT2D eigenvalue weighted by molar-refractivity contribution is -0.111. The summed E-state index contributed by atoms with van der Waals surface area (Å²) in [6.45, 7) is 5.69. The Bertz CT molecular complexity index is 800. The molecular formula is C19H23N3O4S. The second kappa shape index (κ2) is 9.48. The summed E-state index contributed by atoms with van der Waals surface area (Å²) in [6.07, 6.45) is 5.15. The van der Waals surface area contributed by atoms with Gasteiger partial charge in [0, 0.05) is 12.7 Å². The summed E-state index contributed by atoms with van der Waals surface area (Å²) >= 11 is 1.35. The van der Waals surface area contributed by atoms with Crippen molar-refractivity contribution in [2.24, 2.45) is 0 Å². The molecule has 8 heteroatoms. The predicted octanol–water partition coefficient (Wildman–Crippen LogP) is 3.84. The molecule has 1 aromatic carbocycles. The fraction of sp³-hybridized carbons (Fsp3) is 0.421. The maximum Gasteiger partial charge on any atom is 0.250 e. The van der Waals surface area contributed by atoms with Gasteiger partial charge in [-0.2, -0.15) is 0 Å². The van der Waals surface area contributed by atoms with Crippen molar-refractivity contribution in [1.82, 2.24) is 10.2 Å². The van der Waals surface area contributed by atoms with E-state index in [1.165, 1.54) is 17.4 Å². The first-order valence-electron chi connectivity index (χ1n) is 9.03. The molecule has 1 aliphatic rings. The number of nitrogens with one attached hydrogen (secondary N) is 1. The highest BCUT2D eigenvalue weighted by atomic mass is 32.1. The molecule has 1 atom stereocenters. The molecule has 1 N–H and O–H groups in total. The van der Waals surface area contributed by atoms with Crippen molar-refractivity contribution >= 4 is 28.5 Å². The quantitative estimate of drug-likeness (QED) is 0.691. The highest BCUT2D eigenvalue weighted by Gasteiger charge is 2.22. The summed E-state index contributed by atoms with van der Waals surface area (Å²) < 4.78 is 16.7. The molecule has 1 unspecified atom stereocenters. The number of benzene rings is 1. The van der Waals surface area contributed by atoms with Crippen LogP contribution in [0.1, 0.15) is 43.4 Å². The van der Waals surface area contributed by atoms with Crippen molar-refractivity contribution in [2.45, 2.75) is 32.8 Å². The molecule has 2 aromatic rings. The van der Waals surface area contributed by atoms with Crippen LogP contribution >= 0.6 is 11.3 Å². The van der Waals surface area contributed by atoms with Gasteiger partial charge in [-0.3, -0.25) is 10.1 Å². The number of rotatable bonds is 8. The van der Waals surface area contributed by atoms with Crippen LogP contribution in [0.4, 0.5) is 5.13 Å². The lowest BCUT2D eigenvalue weighted by Crippen LogP contribution is -2.07. The number of aromatic nitrogens is 2. The fourth-order valence-corrected chi connectivity index (χ4v) is 3.51. The van der Waals surface area contributed by atoms with Crippen LogP contribution in [0.5, 0.6) is 11.5 Å². The maximum absolute atomic E-state index is 12.2. The third-order valence-electron chi connectivity index (χ3n) is 3.87. The standard InChI is InChI=1S/C19H23N3O4S/c1-3-24-14-9-7-13(12-16(14)25-4-2)8-10-17(23)20-19-22-21-18(27-19)15-6-5-11-26-15/h7-10,12,15H,3-6,11H2,1-2H3,(H,20,22,23). The van der Waals surface area contributed by atoms with Crippen LogP contribution < -0.4 is 14.8 Å². The first kappa shape index (κ1) is 19.3. The average molecular weight is 389 g/mol. The van der Waals surface area contributed by atoms with Gasteiger partial charge in [0.2, 0.25) is 11.0 Å². The highest BCUT2D eigenvalue weighted by Crippen LogP contribution is 2.32. The van der Waals surface area contributed by atoms with Crippen molar-refractivity contribution in [1.29, 1.82) is 0 Å². The maximum atomic E-state index is 12.2. The van der Waals surface area contributed by atoms with Gasteiger partial charge in [0.05, 0.1) is 13.2 Å². The van der Waals surface area contributed by atoms with Gasteiger partial charge in [-0.25, -0.2) is 0 Å². The fourth-order valence-electron chi connectivity index (χ4n) is 2.68. The minimum Gasteiger partial charge on any atom is -0.490 e. The third-order valence-corrected chi connectivity index (χ3v) is 4.80. The molecule has 1 aliphatic heterocycles. The van der Waals surface area contributed by atoms with Crippen molar-refractivity contribution in [3.05, 3.63) is 34.8 Å². The minimum atomic E-state index is -0.267. The Hall–Kier alpha value is -2.45. The van der Waals surface area contributed by atoms with Crippen molar-refractivity contribution < 1.29 is 19.0 Å². The molecule has 3 rings (SSSR count). The van der Waals surface area contributed by atoms with Gasteiger partial charge in [-0.1, -0.05) is 17.4 Å². The lowest BCUT2D eigenvalue weighted by Gasteiger charge is -2.11. The van der Waals surface area contributed by atoms with Crippen LogP contribution in [0.15, 0.2) is 24.3 Å². The van der Waals surface area contributed by atoms with Gasteiger partial charge in [0.15, 0.2) is 11.5 Å². The van der Waals surface area contributed by atoms with E-state index in [1.807, 2.05) is 32.0 Å². The van der Waals surface area contributed by atoms with Crippen molar-refractivity contribution in [3.63, 3.8) is 0 Å². The zero-order valence-corrected chi connectivity index (χ0v) is 16.3. The van der Waals surface area contributed by atoms with E-state index in [2.05, 4.69) is 15.5 Å². The number of amides is 1. The molecule has 27 heavy (non-hydrogen) atoms. The van der Waals surface area contributed by atoms with E-state index in [0.29, 0.717) is 29.8 Å². The molecule has 0 aliphatic carbocycles. The number of hydrogen-bond donors (Lipinski definition) is 1. The van der Waals surface area contributed by atoms with Gasteiger partial charge in [0.25, 0.3) is 0 Å². The summed E-state index contributed by atoms with van der Waals surface area (Å²) in [7, 11) is 0. The third kappa shape index (κ3) is 5.27. The van der Waals surface area contributed by atoms with Crippen LogP contribution in [0.2, 0.25) is 0 Å². The first-order chi connectivity index (χ1) is 13.2. The number of ether oxygens (including phenoxy) is 3. The van der Waals surface area contributed by atoms with Gasteiger partial charge in [-0.05, 0) is 50.5 Å². The first-order valence-corrected chi connectivity index (χ1v) is 9.85. The van der Waals surface area contributed by atoms with Gasteiger partial charge >= 0.3 is 0 Å². The number of nitrogens with zero attached hydrogens (tertiary/aromatic N) is 2. The zero-order chi connectivity index (χ0) is 19.1. The summed E-state index contributed by atoms with van der Waals surface area (Å²) in [5.41, 5.74) is 0.842. The van der Waals surface area contributed by atoms with Gasteiger partial charge < -0.3 is 14.2 Å². The normalized spacial score (nSPS) is 16.6. The summed E-state index contributed by atoms with van der Waals surface area (Å²) in [6, 6.07) is 5.56. The Kier molecular flexibility index (Phi) is 6.78. The van der Waals surface area contributed by atoms with E-state index >= 15 is 0 Å². The van der Waals surface area contributed by atoms with E-state index in [-0.39, 0.29) is 12.0 Å². The van der Waals surface area contributed by atoms with Crippen molar-refractivity contribution in [2.75, 3.05) is 25.1 Å². The molecule has 144 valence electrons. The molecule has 1 amide bonds. The molecule has 0 radical (unpaired) electrons. The monoisotopic (exact) mass is 389 g/mol. The molecule has 0 bridgehead atoms. The smallest absolute Gasteiger partial charge is 0.250 e. The van der Waals surface area contributed by atoms with E-state index in [0.717, 1.165) is 30.0 Å².